The summed E-state index contributed by atoms with van der Waals surface area (Å²) in [5, 5.41) is 12.0. The van der Waals surface area contributed by atoms with Crippen molar-refractivity contribution >= 4 is 23.1 Å². The van der Waals surface area contributed by atoms with Gasteiger partial charge < -0.3 is 15.2 Å². The summed E-state index contributed by atoms with van der Waals surface area (Å²) < 4.78 is 40.8. The fourth-order valence-corrected chi connectivity index (χ4v) is 2.99. The Morgan fingerprint density at radius 3 is 2.13 bits per heavy atom. The smallest absolute Gasteiger partial charge is 0.475 e. The zero-order chi connectivity index (χ0) is 22.4. The number of Topliss-reactive ketones (excluding diaryl/α,β-unsaturated/α-hetero) is 1. The molecule has 160 valence electrons. The van der Waals surface area contributed by atoms with Crippen LogP contribution in [0.2, 0.25) is 0 Å². The highest BCUT2D eigenvalue weighted by Gasteiger charge is 2.31. The molecule has 31 heavy (non-hydrogen) atoms. The van der Waals surface area contributed by atoms with Crippen LogP contribution in [0.1, 0.15) is 21.5 Å². The van der Waals surface area contributed by atoms with Crippen molar-refractivity contribution in [2.45, 2.75) is 19.2 Å². The number of hydrogen-bond acceptors (Lipinski definition) is 4. The number of carboxylic acids is 1. The number of carboxylic acid groups (broad SMARTS) is 1. The molecule has 0 spiro atoms. The molecule has 3 aromatic carbocycles. The minimum Gasteiger partial charge on any atom is -0.475 e. The van der Waals surface area contributed by atoms with E-state index in [4.69, 9.17) is 5.11 Å². The molecular weight excluding hydrogens is 411 g/mol. The van der Waals surface area contributed by atoms with Crippen LogP contribution >= 0.6 is 0 Å². The van der Waals surface area contributed by atoms with E-state index in [0.717, 1.165) is 29.7 Å². The fourth-order valence-electron chi connectivity index (χ4n) is 2.99. The minimum atomic E-state index is -4.80. The van der Waals surface area contributed by atoms with Gasteiger partial charge >= 0.3 is 12.3 Å². The number of carbonyl (C=O) groups excluding carboxylic acids is 1. The Labute approximate surface area is 176 Å². The number of aliphatic carboxylic acids is 1. The number of halogens is 3. The van der Waals surface area contributed by atoms with E-state index in [1.54, 1.807) is 12.1 Å². The Morgan fingerprint density at radius 1 is 0.871 bits per heavy atom. The number of rotatable bonds is 8. The van der Waals surface area contributed by atoms with Crippen LogP contribution in [0.25, 0.3) is 0 Å². The lowest BCUT2D eigenvalue weighted by molar-refractivity contribution is -0.274. The number of benzene rings is 3. The number of ketones is 1. The lowest BCUT2D eigenvalue weighted by Crippen LogP contribution is -2.17. The molecule has 0 saturated carbocycles. The summed E-state index contributed by atoms with van der Waals surface area (Å²) in [5.41, 5.74) is 2.57. The molecule has 5 nitrogen and oxygen atoms in total. The quantitative estimate of drug-likeness (QED) is 0.371. The van der Waals surface area contributed by atoms with Crippen molar-refractivity contribution in [3.05, 3.63) is 89.5 Å². The first-order chi connectivity index (χ1) is 14.7. The van der Waals surface area contributed by atoms with E-state index in [9.17, 15) is 22.8 Å². The zero-order valence-corrected chi connectivity index (χ0v) is 16.1. The Hall–Kier alpha value is -3.81. The van der Waals surface area contributed by atoms with Crippen LogP contribution in [0.15, 0.2) is 72.8 Å². The molecule has 0 aliphatic rings. The first-order valence-corrected chi connectivity index (χ1v) is 9.28. The summed E-state index contributed by atoms with van der Waals surface area (Å²) in [7, 11) is 0. The molecule has 3 rings (SSSR count). The summed E-state index contributed by atoms with van der Waals surface area (Å²) >= 11 is 0. The van der Waals surface area contributed by atoms with Gasteiger partial charge in [-0.3, -0.25) is 4.79 Å². The first-order valence-electron chi connectivity index (χ1n) is 9.28. The zero-order valence-electron chi connectivity index (χ0n) is 16.1. The Morgan fingerprint density at radius 2 is 1.52 bits per heavy atom. The highest BCUT2D eigenvalue weighted by Crippen LogP contribution is 2.27. The molecule has 8 heteroatoms. The van der Waals surface area contributed by atoms with Crippen molar-refractivity contribution in [3.63, 3.8) is 0 Å². The van der Waals surface area contributed by atoms with Crippen LogP contribution < -0.4 is 10.1 Å². The molecule has 0 aliphatic heterocycles. The summed E-state index contributed by atoms with van der Waals surface area (Å²) in [5.74, 6) is -3.08. The van der Waals surface area contributed by atoms with E-state index < -0.39 is 23.9 Å². The van der Waals surface area contributed by atoms with Crippen LogP contribution in [0.5, 0.6) is 5.75 Å². The summed E-state index contributed by atoms with van der Waals surface area (Å²) in [6.45, 7) is 0. The largest absolute Gasteiger partial charge is 0.573 e. The van der Waals surface area contributed by atoms with E-state index in [1.807, 2.05) is 30.3 Å². The standard InChI is InChI=1S/C23H18F3NO4/c24-23(25,26)31-18-11-9-17(10-12-18)27-20-14-16(7-6-15-4-2-1-3-5-15)8-13-19(20)21(28)22(29)30/h1-5,8-14,27H,6-7H2,(H,29,30). The number of aryl methyl sites for hydroxylation is 2. The van der Waals surface area contributed by atoms with Crippen LogP contribution in [0.4, 0.5) is 24.5 Å². The van der Waals surface area contributed by atoms with Crippen molar-refractivity contribution < 1.29 is 32.6 Å². The van der Waals surface area contributed by atoms with Crippen LogP contribution in [-0.2, 0) is 17.6 Å². The maximum atomic E-state index is 12.3. The second-order valence-electron chi connectivity index (χ2n) is 6.70. The van der Waals surface area contributed by atoms with Gasteiger partial charge in [0.1, 0.15) is 5.75 Å². The molecule has 0 bridgehead atoms. The van der Waals surface area contributed by atoms with E-state index in [1.165, 1.54) is 18.2 Å². The highest BCUT2D eigenvalue weighted by molar-refractivity contribution is 6.41. The SMILES string of the molecule is O=C(O)C(=O)c1ccc(CCc2ccccc2)cc1Nc1ccc(OC(F)(F)F)cc1. The van der Waals surface area contributed by atoms with Gasteiger partial charge in [-0.15, -0.1) is 13.2 Å². The average Bonchev–Trinajstić information content (AvgIpc) is 2.73. The molecule has 0 radical (unpaired) electrons. The highest BCUT2D eigenvalue weighted by atomic mass is 19.4. The summed E-state index contributed by atoms with van der Waals surface area (Å²) in [6.07, 6.45) is -3.41. The molecule has 0 amide bonds. The van der Waals surface area contributed by atoms with Gasteiger partial charge in [-0.05, 0) is 60.4 Å². The number of ether oxygens (including phenoxy) is 1. The number of carbonyl (C=O) groups is 2. The van der Waals surface area contributed by atoms with Gasteiger partial charge in [-0.2, -0.15) is 0 Å². The fraction of sp³-hybridized carbons (Fsp3) is 0.130. The van der Waals surface area contributed by atoms with E-state index >= 15 is 0 Å². The van der Waals surface area contributed by atoms with Gasteiger partial charge in [-0.1, -0.05) is 36.4 Å². The van der Waals surface area contributed by atoms with Gasteiger partial charge in [-0.25, -0.2) is 4.79 Å². The molecular formula is C23H18F3NO4. The summed E-state index contributed by atoms with van der Waals surface area (Å²) in [6, 6.07) is 19.5. The minimum absolute atomic E-state index is 0.0495. The third-order valence-electron chi connectivity index (χ3n) is 4.43. The normalized spacial score (nSPS) is 11.1. The van der Waals surface area contributed by atoms with Crippen molar-refractivity contribution in [2.75, 3.05) is 5.32 Å². The van der Waals surface area contributed by atoms with Crippen molar-refractivity contribution in [1.82, 2.24) is 0 Å². The third kappa shape index (κ3) is 6.33. The lowest BCUT2D eigenvalue weighted by Gasteiger charge is -2.14. The molecule has 0 aliphatic carbocycles. The van der Waals surface area contributed by atoms with Crippen LogP contribution in [0, 0.1) is 0 Å². The van der Waals surface area contributed by atoms with Gasteiger partial charge in [0.2, 0.25) is 0 Å². The molecule has 0 atom stereocenters. The summed E-state index contributed by atoms with van der Waals surface area (Å²) in [4.78, 5) is 23.2. The Kier molecular flexibility index (Phi) is 6.59. The second-order valence-corrected chi connectivity index (χ2v) is 6.70. The van der Waals surface area contributed by atoms with E-state index in [2.05, 4.69) is 10.1 Å². The van der Waals surface area contributed by atoms with Crippen LogP contribution in [-0.4, -0.2) is 23.2 Å². The van der Waals surface area contributed by atoms with Gasteiger partial charge in [0.25, 0.3) is 5.78 Å². The Bertz CT molecular complexity index is 1060. The lowest BCUT2D eigenvalue weighted by atomic mass is 10.00. The monoisotopic (exact) mass is 429 g/mol. The molecule has 0 heterocycles. The van der Waals surface area contributed by atoms with Crippen molar-refractivity contribution in [2.24, 2.45) is 0 Å². The third-order valence-corrected chi connectivity index (χ3v) is 4.43. The van der Waals surface area contributed by atoms with E-state index in [0.29, 0.717) is 12.1 Å². The van der Waals surface area contributed by atoms with E-state index in [-0.39, 0.29) is 11.3 Å². The second kappa shape index (κ2) is 9.34. The van der Waals surface area contributed by atoms with Crippen molar-refractivity contribution in [3.8, 4) is 5.75 Å². The van der Waals surface area contributed by atoms with Crippen molar-refractivity contribution in [1.29, 1.82) is 0 Å². The molecule has 0 aromatic heterocycles. The molecule has 0 fully saturated rings. The first kappa shape index (κ1) is 21.9. The number of nitrogens with one attached hydrogen (secondary N) is 1. The number of hydrogen-bond donors (Lipinski definition) is 2. The number of anilines is 2. The van der Waals surface area contributed by atoms with Gasteiger partial charge in [0, 0.05) is 5.69 Å². The average molecular weight is 429 g/mol. The molecule has 3 aromatic rings. The Balaban J connectivity index is 1.83. The van der Waals surface area contributed by atoms with Crippen LogP contribution in [0.3, 0.4) is 0 Å². The maximum Gasteiger partial charge on any atom is 0.573 e. The molecule has 0 saturated heterocycles. The predicted molar refractivity (Wildman–Crippen MR) is 109 cm³/mol. The van der Waals surface area contributed by atoms with Gasteiger partial charge in [0.05, 0.1) is 11.3 Å². The van der Waals surface area contributed by atoms with Gasteiger partial charge in [0.15, 0.2) is 0 Å². The molecule has 2 N–H and O–H groups in total. The number of alkyl halides is 3. The predicted octanol–water partition coefficient (Wildman–Crippen LogP) is 5.38. The maximum absolute atomic E-state index is 12.3. The topological polar surface area (TPSA) is 75.6 Å². The molecule has 0 unspecified atom stereocenters.